The molecule has 0 aliphatic carbocycles. The minimum Gasteiger partial charge on any atom is -0.376 e. The summed E-state index contributed by atoms with van der Waals surface area (Å²) in [5.74, 6) is 1.84. The monoisotopic (exact) mass is 392 g/mol. The van der Waals surface area contributed by atoms with Gasteiger partial charge in [-0.2, -0.15) is 0 Å². The highest BCUT2D eigenvalue weighted by Gasteiger charge is 2.29. The van der Waals surface area contributed by atoms with Crippen LogP contribution in [0, 0.1) is 0 Å². The Bertz CT molecular complexity index is 980. The molecule has 2 fully saturated rings. The normalized spacial score (nSPS) is 25.0. The number of hydrogen-bond donors (Lipinski definition) is 0. The summed E-state index contributed by atoms with van der Waals surface area (Å²) in [6.07, 6.45) is 2.77. The minimum absolute atomic E-state index is 0.174. The van der Waals surface area contributed by atoms with Crippen LogP contribution in [0.4, 0.5) is 5.95 Å². The van der Waals surface area contributed by atoms with Crippen LogP contribution >= 0.6 is 0 Å². The molecule has 3 atom stereocenters. The minimum atomic E-state index is 0.174. The highest BCUT2D eigenvalue weighted by atomic mass is 16.5. The van der Waals surface area contributed by atoms with Gasteiger partial charge >= 0.3 is 0 Å². The quantitative estimate of drug-likeness (QED) is 0.674. The maximum absolute atomic E-state index is 5.97. The molecule has 152 valence electrons. The van der Waals surface area contributed by atoms with Crippen molar-refractivity contribution < 1.29 is 9.47 Å². The third kappa shape index (κ3) is 3.63. The number of nitrogens with zero attached hydrogens (tertiary/aromatic N) is 4. The maximum Gasteiger partial charge on any atom is 0.227 e. The second kappa shape index (κ2) is 7.76. The zero-order chi connectivity index (χ0) is 19.8. The van der Waals surface area contributed by atoms with Crippen LogP contribution in [-0.4, -0.2) is 52.8 Å². The molecule has 2 aliphatic rings. The van der Waals surface area contributed by atoms with Crippen LogP contribution in [0.3, 0.4) is 0 Å². The van der Waals surface area contributed by atoms with Gasteiger partial charge in [-0.05, 0) is 37.5 Å². The van der Waals surface area contributed by atoms with E-state index in [4.69, 9.17) is 9.47 Å². The predicted octanol–water partition coefficient (Wildman–Crippen LogP) is 3.89. The Kier molecular flexibility index (Phi) is 4.97. The zero-order valence-electron chi connectivity index (χ0n) is 17.1. The van der Waals surface area contributed by atoms with E-state index in [-0.39, 0.29) is 18.3 Å². The van der Waals surface area contributed by atoms with Gasteiger partial charge in [0.1, 0.15) is 0 Å². The van der Waals surface area contributed by atoms with Crippen LogP contribution in [0.5, 0.6) is 0 Å². The van der Waals surface area contributed by atoms with Gasteiger partial charge in [-0.25, -0.2) is 0 Å². The van der Waals surface area contributed by atoms with Crippen LogP contribution in [-0.2, 0) is 16.0 Å². The van der Waals surface area contributed by atoms with Crippen molar-refractivity contribution in [2.75, 3.05) is 24.6 Å². The van der Waals surface area contributed by atoms with Crippen LogP contribution < -0.4 is 4.90 Å². The van der Waals surface area contributed by atoms with Gasteiger partial charge in [-0.1, -0.05) is 42.5 Å². The molecule has 0 N–H and O–H groups in total. The third-order valence-corrected chi connectivity index (χ3v) is 5.87. The van der Waals surface area contributed by atoms with Crippen molar-refractivity contribution in [1.29, 1.82) is 0 Å². The van der Waals surface area contributed by atoms with E-state index in [1.807, 2.05) is 0 Å². The smallest absolute Gasteiger partial charge is 0.227 e. The number of aromatic nitrogens is 3. The molecule has 0 radical (unpaired) electrons. The molecule has 1 unspecified atom stereocenters. The number of anilines is 1. The number of benzene rings is 2. The summed E-state index contributed by atoms with van der Waals surface area (Å²) in [4.78, 5) is 2.31. The summed E-state index contributed by atoms with van der Waals surface area (Å²) < 4.78 is 14.2. The third-order valence-electron chi connectivity index (χ3n) is 5.87. The summed E-state index contributed by atoms with van der Waals surface area (Å²) in [6.45, 7) is 7.51. The lowest BCUT2D eigenvalue weighted by atomic mass is 10.0. The Morgan fingerprint density at radius 3 is 2.59 bits per heavy atom. The molecule has 2 saturated heterocycles. The van der Waals surface area contributed by atoms with Crippen LogP contribution in [0.2, 0.25) is 0 Å². The Labute approximate surface area is 171 Å². The van der Waals surface area contributed by atoms with E-state index in [0.29, 0.717) is 0 Å². The molecular weight excluding hydrogens is 364 g/mol. The van der Waals surface area contributed by atoms with Crippen molar-refractivity contribution in [2.45, 2.75) is 51.5 Å². The Morgan fingerprint density at radius 1 is 1.00 bits per heavy atom. The molecule has 2 aliphatic heterocycles. The van der Waals surface area contributed by atoms with Crippen LogP contribution in [0.25, 0.3) is 22.2 Å². The fraction of sp³-hybridized carbons (Fsp3) is 0.478. The number of fused-ring (bicyclic) bond motifs is 1. The lowest BCUT2D eigenvalue weighted by molar-refractivity contribution is -0.00604. The molecule has 3 aromatic rings. The van der Waals surface area contributed by atoms with Gasteiger partial charge < -0.3 is 14.4 Å². The van der Waals surface area contributed by atoms with Gasteiger partial charge in [0.25, 0.3) is 0 Å². The molecule has 6 nitrogen and oxygen atoms in total. The summed E-state index contributed by atoms with van der Waals surface area (Å²) >= 11 is 0. The average molecular weight is 393 g/mol. The van der Waals surface area contributed by atoms with E-state index in [2.05, 4.69) is 76.0 Å². The first kappa shape index (κ1) is 18.6. The van der Waals surface area contributed by atoms with Gasteiger partial charge in [0, 0.05) is 25.3 Å². The van der Waals surface area contributed by atoms with Gasteiger partial charge in [0.15, 0.2) is 5.82 Å². The molecule has 2 aromatic carbocycles. The summed E-state index contributed by atoms with van der Waals surface area (Å²) in [7, 11) is 0. The van der Waals surface area contributed by atoms with E-state index in [1.165, 1.54) is 10.8 Å². The molecule has 0 amide bonds. The molecule has 0 spiro atoms. The summed E-state index contributed by atoms with van der Waals surface area (Å²) in [5, 5.41) is 11.8. The van der Waals surface area contributed by atoms with Crippen molar-refractivity contribution in [3.05, 3.63) is 42.5 Å². The van der Waals surface area contributed by atoms with E-state index in [0.717, 1.165) is 56.4 Å². The van der Waals surface area contributed by atoms with Crippen LogP contribution in [0.1, 0.15) is 26.7 Å². The highest BCUT2D eigenvalue weighted by molar-refractivity contribution is 5.95. The number of rotatable bonds is 4. The Balaban J connectivity index is 1.60. The van der Waals surface area contributed by atoms with Gasteiger partial charge in [-0.15, -0.1) is 10.2 Å². The topological polar surface area (TPSA) is 52.4 Å². The van der Waals surface area contributed by atoms with Gasteiger partial charge in [0.05, 0.1) is 24.9 Å². The molecular formula is C23H28N4O2. The Morgan fingerprint density at radius 2 is 1.79 bits per heavy atom. The maximum atomic E-state index is 5.97. The molecule has 5 rings (SSSR count). The van der Waals surface area contributed by atoms with E-state index < -0.39 is 0 Å². The summed E-state index contributed by atoms with van der Waals surface area (Å²) in [6, 6.07) is 14.9. The number of ether oxygens (including phenoxy) is 2. The predicted molar refractivity (Wildman–Crippen MR) is 114 cm³/mol. The standard InChI is InChI=1S/C23H28N4O2/c1-16-13-26(14-17(2)29-16)23-25-24-22(27(23)15-19-9-6-12-28-19)21-11-5-8-18-7-3-4-10-20(18)21/h3-5,7-8,10-11,16-17,19H,6,9,12-15H2,1-2H3/t16-,17+,19?. The second-order valence-corrected chi connectivity index (χ2v) is 8.26. The molecule has 1 aromatic heterocycles. The molecule has 29 heavy (non-hydrogen) atoms. The Hall–Kier alpha value is -2.44. The largest absolute Gasteiger partial charge is 0.376 e. The lowest BCUT2D eigenvalue weighted by Gasteiger charge is -2.36. The number of morpholine rings is 1. The van der Waals surface area contributed by atoms with Gasteiger partial charge in [0.2, 0.25) is 5.95 Å². The average Bonchev–Trinajstić information content (AvgIpc) is 3.37. The fourth-order valence-electron chi connectivity index (χ4n) is 4.65. The molecule has 0 bridgehead atoms. The first-order valence-electron chi connectivity index (χ1n) is 10.6. The van der Waals surface area contributed by atoms with Crippen molar-refractivity contribution in [3.63, 3.8) is 0 Å². The van der Waals surface area contributed by atoms with Crippen molar-refractivity contribution in [3.8, 4) is 11.4 Å². The second-order valence-electron chi connectivity index (χ2n) is 8.26. The highest BCUT2D eigenvalue weighted by Crippen LogP contribution is 2.31. The fourth-order valence-corrected chi connectivity index (χ4v) is 4.65. The summed E-state index contributed by atoms with van der Waals surface area (Å²) in [5.41, 5.74) is 1.12. The van der Waals surface area contributed by atoms with E-state index in [9.17, 15) is 0 Å². The first-order chi connectivity index (χ1) is 14.2. The van der Waals surface area contributed by atoms with E-state index in [1.54, 1.807) is 0 Å². The lowest BCUT2D eigenvalue weighted by Crippen LogP contribution is -2.46. The number of hydrogen-bond acceptors (Lipinski definition) is 5. The molecule has 3 heterocycles. The molecule has 0 saturated carbocycles. The molecule has 6 heteroatoms. The van der Waals surface area contributed by atoms with E-state index >= 15 is 0 Å². The van der Waals surface area contributed by atoms with Crippen molar-refractivity contribution >= 4 is 16.7 Å². The zero-order valence-corrected chi connectivity index (χ0v) is 17.1. The van der Waals surface area contributed by atoms with Crippen molar-refractivity contribution in [2.24, 2.45) is 0 Å². The SMILES string of the molecule is C[C@@H]1CN(c2nnc(-c3cccc4ccccc34)n2CC2CCCO2)C[C@H](C)O1. The van der Waals surface area contributed by atoms with Gasteiger partial charge in [-0.3, -0.25) is 4.57 Å². The first-order valence-corrected chi connectivity index (χ1v) is 10.6. The van der Waals surface area contributed by atoms with Crippen LogP contribution in [0.15, 0.2) is 42.5 Å². The van der Waals surface area contributed by atoms with Crippen molar-refractivity contribution in [1.82, 2.24) is 14.8 Å².